The highest BCUT2D eigenvalue weighted by molar-refractivity contribution is 9.10. The van der Waals surface area contributed by atoms with Crippen LogP contribution in [0.5, 0.6) is 0 Å². The molecule has 5 nitrogen and oxygen atoms in total. The SMILES string of the molecule is CC(C)(C)OC(=O)n1nc(N)c2ccc(Br)cc21. The summed E-state index contributed by atoms with van der Waals surface area (Å²) in [5.41, 5.74) is 5.82. The number of nitrogens with zero attached hydrogens (tertiary/aromatic N) is 2. The van der Waals surface area contributed by atoms with E-state index in [1.54, 1.807) is 26.8 Å². The summed E-state index contributed by atoms with van der Waals surface area (Å²) in [4.78, 5) is 12.0. The summed E-state index contributed by atoms with van der Waals surface area (Å²) in [6, 6.07) is 5.44. The van der Waals surface area contributed by atoms with E-state index >= 15 is 0 Å². The Morgan fingerprint density at radius 3 is 2.72 bits per heavy atom. The highest BCUT2D eigenvalue weighted by Crippen LogP contribution is 2.25. The van der Waals surface area contributed by atoms with E-state index in [0.717, 1.165) is 9.86 Å². The molecule has 0 saturated carbocycles. The summed E-state index contributed by atoms with van der Waals surface area (Å²) in [5.74, 6) is 0.309. The van der Waals surface area contributed by atoms with Gasteiger partial charge in [-0.3, -0.25) is 0 Å². The third-order valence-electron chi connectivity index (χ3n) is 2.24. The molecule has 2 aromatic rings. The van der Waals surface area contributed by atoms with Gasteiger partial charge < -0.3 is 10.5 Å². The molecular weight excluding hydrogens is 298 g/mol. The lowest BCUT2D eigenvalue weighted by Gasteiger charge is -2.19. The van der Waals surface area contributed by atoms with Crippen molar-refractivity contribution in [2.24, 2.45) is 0 Å². The maximum atomic E-state index is 12.0. The minimum absolute atomic E-state index is 0.309. The molecule has 96 valence electrons. The highest BCUT2D eigenvalue weighted by Gasteiger charge is 2.21. The monoisotopic (exact) mass is 311 g/mol. The Balaban J connectivity index is 2.51. The van der Waals surface area contributed by atoms with Crippen LogP contribution >= 0.6 is 15.9 Å². The number of rotatable bonds is 0. The number of halogens is 1. The standard InChI is InChI=1S/C12H14BrN3O2/c1-12(2,3)18-11(17)16-9-6-7(13)4-5-8(9)10(14)15-16/h4-6H,1-3H3,(H2,14,15). The predicted octanol–water partition coefficient (Wildman–Crippen LogP) is 3.16. The molecule has 0 unspecified atom stereocenters. The second kappa shape index (κ2) is 4.28. The molecule has 0 bridgehead atoms. The van der Waals surface area contributed by atoms with E-state index < -0.39 is 11.7 Å². The van der Waals surface area contributed by atoms with Crippen molar-refractivity contribution in [3.8, 4) is 0 Å². The molecule has 0 aliphatic rings. The van der Waals surface area contributed by atoms with Gasteiger partial charge in [0.2, 0.25) is 0 Å². The van der Waals surface area contributed by atoms with Crippen LogP contribution in [0.1, 0.15) is 20.8 Å². The van der Waals surface area contributed by atoms with Gasteiger partial charge in [-0.1, -0.05) is 15.9 Å². The molecule has 0 amide bonds. The molecular formula is C12H14BrN3O2. The van der Waals surface area contributed by atoms with Crippen LogP contribution in [0.4, 0.5) is 10.6 Å². The average molecular weight is 312 g/mol. The van der Waals surface area contributed by atoms with Crippen molar-refractivity contribution >= 4 is 38.7 Å². The van der Waals surface area contributed by atoms with Gasteiger partial charge in [0.05, 0.1) is 5.52 Å². The zero-order valence-corrected chi connectivity index (χ0v) is 12.0. The number of nitrogen functional groups attached to an aromatic ring is 1. The number of ether oxygens (including phenoxy) is 1. The fourth-order valence-electron chi connectivity index (χ4n) is 1.56. The van der Waals surface area contributed by atoms with Gasteiger partial charge in [0.1, 0.15) is 5.60 Å². The number of benzene rings is 1. The Kier molecular flexibility index (Phi) is 3.06. The lowest BCUT2D eigenvalue weighted by Crippen LogP contribution is -2.27. The third kappa shape index (κ3) is 2.48. The van der Waals surface area contributed by atoms with Crippen molar-refractivity contribution < 1.29 is 9.53 Å². The van der Waals surface area contributed by atoms with Gasteiger partial charge in [0.25, 0.3) is 0 Å². The maximum absolute atomic E-state index is 12.0. The summed E-state index contributed by atoms with van der Waals surface area (Å²) in [7, 11) is 0. The van der Waals surface area contributed by atoms with Gasteiger partial charge in [-0.15, -0.1) is 5.10 Å². The number of nitrogens with two attached hydrogens (primary N) is 1. The fourth-order valence-corrected chi connectivity index (χ4v) is 1.91. The van der Waals surface area contributed by atoms with Gasteiger partial charge in [0, 0.05) is 9.86 Å². The van der Waals surface area contributed by atoms with E-state index in [-0.39, 0.29) is 0 Å². The Labute approximate surface area is 113 Å². The van der Waals surface area contributed by atoms with Crippen LogP contribution in [0, 0.1) is 0 Å². The van der Waals surface area contributed by atoms with E-state index in [1.807, 2.05) is 12.1 Å². The van der Waals surface area contributed by atoms with Crippen molar-refractivity contribution in [2.75, 3.05) is 5.73 Å². The van der Waals surface area contributed by atoms with E-state index in [4.69, 9.17) is 10.5 Å². The van der Waals surface area contributed by atoms with Crippen LogP contribution in [-0.4, -0.2) is 21.5 Å². The Hall–Kier alpha value is -1.56. The second-order valence-corrected chi connectivity index (χ2v) is 5.85. The molecule has 0 fully saturated rings. The molecule has 6 heteroatoms. The summed E-state index contributed by atoms with van der Waals surface area (Å²) in [6.07, 6.45) is -0.540. The lowest BCUT2D eigenvalue weighted by molar-refractivity contribution is 0.0523. The van der Waals surface area contributed by atoms with Crippen LogP contribution in [0.2, 0.25) is 0 Å². The number of carbonyl (C=O) groups excluding carboxylic acids is 1. The van der Waals surface area contributed by atoms with Crippen molar-refractivity contribution in [3.05, 3.63) is 22.7 Å². The van der Waals surface area contributed by atoms with Crippen LogP contribution in [-0.2, 0) is 4.74 Å². The first kappa shape index (κ1) is 12.9. The molecule has 2 N–H and O–H groups in total. The van der Waals surface area contributed by atoms with Crippen LogP contribution in [0.25, 0.3) is 10.9 Å². The van der Waals surface area contributed by atoms with Gasteiger partial charge >= 0.3 is 6.09 Å². The predicted molar refractivity (Wildman–Crippen MR) is 73.5 cm³/mol. The summed E-state index contributed by atoms with van der Waals surface area (Å²) in [6.45, 7) is 5.40. The quantitative estimate of drug-likeness (QED) is 0.811. The number of carbonyl (C=O) groups is 1. The molecule has 1 heterocycles. The Bertz CT molecular complexity index is 614. The zero-order chi connectivity index (χ0) is 13.5. The molecule has 18 heavy (non-hydrogen) atoms. The van der Waals surface area contributed by atoms with Crippen LogP contribution in [0.3, 0.4) is 0 Å². The van der Waals surface area contributed by atoms with E-state index in [1.165, 1.54) is 4.68 Å². The first-order valence-electron chi connectivity index (χ1n) is 5.45. The van der Waals surface area contributed by atoms with E-state index in [0.29, 0.717) is 11.3 Å². The molecule has 0 radical (unpaired) electrons. The lowest BCUT2D eigenvalue weighted by atomic mass is 10.2. The number of hydrogen-bond acceptors (Lipinski definition) is 4. The number of anilines is 1. The van der Waals surface area contributed by atoms with Gasteiger partial charge in [-0.25, -0.2) is 4.79 Å². The average Bonchev–Trinajstić information content (AvgIpc) is 2.53. The smallest absolute Gasteiger partial charge is 0.435 e. The largest absolute Gasteiger partial charge is 0.442 e. The zero-order valence-electron chi connectivity index (χ0n) is 10.4. The molecule has 2 rings (SSSR count). The van der Waals surface area contributed by atoms with Crippen LogP contribution in [0.15, 0.2) is 22.7 Å². The fraction of sp³-hybridized carbons (Fsp3) is 0.333. The summed E-state index contributed by atoms with van der Waals surface area (Å²) in [5, 5.41) is 4.74. The summed E-state index contributed by atoms with van der Waals surface area (Å²) >= 11 is 3.35. The molecule has 0 saturated heterocycles. The van der Waals surface area contributed by atoms with Crippen molar-refractivity contribution in [1.29, 1.82) is 0 Å². The van der Waals surface area contributed by atoms with Crippen molar-refractivity contribution in [1.82, 2.24) is 9.78 Å². The molecule has 0 spiro atoms. The molecule has 0 atom stereocenters. The minimum atomic E-state index is -0.573. The molecule has 1 aromatic heterocycles. The van der Waals surface area contributed by atoms with Gasteiger partial charge in [-0.2, -0.15) is 4.68 Å². The molecule has 1 aromatic carbocycles. The van der Waals surface area contributed by atoms with E-state index in [2.05, 4.69) is 21.0 Å². The Morgan fingerprint density at radius 1 is 1.44 bits per heavy atom. The Morgan fingerprint density at radius 2 is 2.11 bits per heavy atom. The van der Waals surface area contributed by atoms with E-state index in [9.17, 15) is 4.79 Å². The number of hydrogen-bond donors (Lipinski definition) is 1. The third-order valence-corrected chi connectivity index (χ3v) is 2.73. The normalized spacial score (nSPS) is 11.8. The maximum Gasteiger partial charge on any atom is 0.435 e. The second-order valence-electron chi connectivity index (χ2n) is 4.94. The van der Waals surface area contributed by atoms with Crippen LogP contribution < -0.4 is 5.73 Å². The van der Waals surface area contributed by atoms with Crippen molar-refractivity contribution in [3.63, 3.8) is 0 Å². The van der Waals surface area contributed by atoms with Gasteiger partial charge in [-0.05, 0) is 39.0 Å². The number of fused-ring (bicyclic) bond motifs is 1. The molecule has 0 aliphatic carbocycles. The first-order valence-corrected chi connectivity index (χ1v) is 6.24. The molecule has 0 aliphatic heterocycles. The van der Waals surface area contributed by atoms with Crippen molar-refractivity contribution in [2.45, 2.75) is 26.4 Å². The summed E-state index contributed by atoms with van der Waals surface area (Å²) < 4.78 is 7.30. The van der Waals surface area contributed by atoms with Gasteiger partial charge in [0.15, 0.2) is 5.82 Å². The topological polar surface area (TPSA) is 70.1 Å². The minimum Gasteiger partial charge on any atom is -0.442 e. The number of aromatic nitrogens is 2. The highest BCUT2D eigenvalue weighted by atomic mass is 79.9. The first-order chi connectivity index (χ1) is 8.28.